The second kappa shape index (κ2) is 5.23. The molecular formula is C19H19N3O. The lowest BCUT2D eigenvalue weighted by Crippen LogP contribution is -2.37. The lowest BCUT2D eigenvalue weighted by molar-refractivity contribution is -0.123. The topological polar surface area (TPSA) is 46.9 Å². The molecule has 0 bridgehead atoms. The van der Waals surface area contributed by atoms with Crippen LogP contribution in [-0.2, 0) is 18.3 Å². The van der Waals surface area contributed by atoms with Gasteiger partial charge in [0.2, 0.25) is 5.91 Å². The number of aromatic nitrogens is 2. The Morgan fingerprint density at radius 1 is 1.22 bits per heavy atom. The number of carbonyl (C=O) groups excluding carboxylic acids is 1. The summed E-state index contributed by atoms with van der Waals surface area (Å²) >= 11 is 0. The minimum atomic E-state index is -0.118. The van der Waals surface area contributed by atoms with E-state index in [1.807, 2.05) is 56.4 Å². The maximum atomic E-state index is 12.6. The van der Waals surface area contributed by atoms with Crippen molar-refractivity contribution in [1.29, 1.82) is 0 Å². The Morgan fingerprint density at radius 2 is 1.96 bits per heavy atom. The van der Waals surface area contributed by atoms with Crippen molar-refractivity contribution in [1.82, 2.24) is 14.9 Å². The number of carbonyl (C=O) groups is 1. The monoisotopic (exact) mass is 305 g/mol. The SMILES string of the molecule is C[C@H](NC(=O)[C@@H]1Cc2ccccc21)c1nc2ccccc2n1C. The van der Waals surface area contributed by atoms with E-state index in [1.54, 1.807) is 0 Å². The minimum Gasteiger partial charge on any atom is -0.346 e. The first-order valence-electron chi connectivity index (χ1n) is 7.94. The van der Waals surface area contributed by atoms with Gasteiger partial charge >= 0.3 is 0 Å². The number of rotatable bonds is 3. The van der Waals surface area contributed by atoms with E-state index < -0.39 is 0 Å². The van der Waals surface area contributed by atoms with Crippen LogP contribution in [0.15, 0.2) is 48.5 Å². The maximum Gasteiger partial charge on any atom is 0.228 e. The highest BCUT2D eigenvalue weighted by Crippen LogP contribution is 2.35. The second-order valence-electron chi connectivity index (χ2n) is 6.20. The molecular weight excluding hydrogens is 286 g/mol. The Balaban J connectivity index is 1.55. The van der Waals surface area contributed by atoms with Gasteiger partial charge in [-0.05, 0) is 36.6 Å². The molecule has 4 heteroatoms. The summed E-state index contributed by atoms with van der Waals surface area (Å²) in [5, 5.41) is 3.12. The molecule has 0 spiro atoms. The zero-order chi connectivity index (χ0) is 16.0. The smallest absolute Gasteiger partial charge is 0.228 e. The van der Waals surface area contributed by atoms with E-state index >= 15 is 0 Å². The number of para-hydroxylation sites is 2. The van der Waals surface area contributed by atoms with Crippen molar-refractivity contribution in [2.45, 2.75) is 25.3 Å². The van der Waals surface area contributed by atoms with E-state index in [9.17, 15) is 4.79 Å². The Bertz CT molecular complexity index is 897. The molecule has 116 valence electrons. The number of nitrogens with one attached hydrogen (secondary N) is 1. The Morgan fingerprint density at radius 3 is 2.74 bits per heavy atom. The third kappa shape index (κ3) is 2.22. The van der Waals surface area contributed by atoms with Gasteiger partial charge < -0.3 is 9.88 Å². The number of hydrogen-bond acceptors (Lipinski definition) is 2. The van der Waals surface area contributed by atoms with Crippen LogP contribution in [0.1, 0.15) is 35.8 Å². The molecule has 23 heavy (non-hydrogen) atoms. The van der Waals surface area contributed by atoms with Gasteiger partial charge in [-0.2, -0.15) is 0 Å². The lowest BCUT2D eigenvalue weighted by Gasteiger charge is -2.30. The number of amides is 1. The molecule has 3 aromatic rings. The van der Waals surface area contributed by atoms with Crippen LogP contribution in [0, 0.1) is 0 Å². The van der Waals surface area contributed by atoms with Crippen LogP contribution in [0.2, 0.25) is 0 Å². The summed E-state index contributed by atoms with van der Waals surface area (Å²) < 4.78 is 2.05. The highest BCUT2D eigenvalue weighted by atomic mass is 16.2. The largest absolute Gasteiger partial charge is 0.346 e. The molecule has 0 fully saturated rings. The Labute approximate surface area is 135 Å². The summed E-state index contributed by atoms with van der Waals surface area (Å²) in [4.78, 5) is 17.2. The summed E-state index contributed by atoms with van der Waals surface area (Å²) in [5.74, 6) is 0.943. The number of nitrogens with zero attached hydrogens (tertiary/aromatic N) is 2. The van der Waals surface area contributed by atoms with Crippen LogP contribution >= 0.6 is 0 Å². The van der Waals surface area contributed by atoms with Crippen molar-refractivity contribution in [2.75, 3.05) is 0 Å². The van der Waals surface area contributed by atoms with Crippen molar-refractivity contribution in [3.05, 3.63) is 65.5 Å². The summed E-state index contributed by atoms with van der Waals surface area (Å²) in [6.45, 7) is 1.99. The number of fused-ring (bicyclic) bond motifs is 2. The molecule has 1 aliphatic carbocycles. The third-order valence-corrected chi connectivity index (χ3v) is 4.74. The number of benzene rings is 2. The molecule has 1 N–H and O–H groups in total. The number of aryl methyl sites for hydroxylation is 1. The molecule has 0 saturated carbocycles. The van der Waals surface area contributed by atoms with Crippen LogP contribution in [-0.4, -0.2) is 15.5 Å². The van der Waals surface area contributed by atoms with Crippen LogP contribution < -0.4 is 5.32 Å². The zero-order valence-electron chi connectivity index (χ0n) is 13.3. The van der Waals surface area contributed by atoms with Crippen LogP contribution in [0.4, 0.5) is 0 Å². The van der Waals surface area contributed by atoms with Gasteiger partial charge in [0.1, 0.15) is 5.82 Å². The molecule has 0 radical (unpaired) electrons. The van der Waals surface area contributed by atoms with Gasteiger partial charge in [0.15, 0.2) is 0 Å². The van der Waals surface area contributed by atoms with Gasteiger partial charge in [-0.15, -0.1) is 0 Å². The number of imidazole rings is 1. The molecule has 2 atom stereocenters. The van der Waals surface area contributed by atoms with Crippen LogP contribution in [0.5, 0.6) is 0 Å². The zero-order valence-corrected chi connectivity index (χ0v) is 13.3. The van der Waals surface area contributed by atoms with Crippen molar-refractivity contribution >= 4 is 16.9 Å². The maximum absolute atomic E-state index is 12.6. The molecule has 1 amide bonds. The molecule has 0 aliphatic heterocycles. The minimum absolute atomic E-state index is 0.0247. The van der Waals surface area contributed by atoms with E-state index in [0.717, 1.165) is 28.8 Å². The fourth-order valence-electron chi connectivity index (χ4n) is 3.42. The molecule has 1 aliphatic rings. The Hall–Kier alpha value is -2.62. The lowest BCUT2D eigenvalue weighted by atomic mass is 9.77. The van der Waals surface area contributed by atoms with Gasteiger partial charge in [0.25, 0.3) is 0 Å². The van der Waals surface area contributed by atoms with Crippen molar-refractivity contribution < 1.29 is 4.79 Å². The summed E-state index contributed by atoms with van der Waals surface area (Å²) in [6, 6.07) is 16.1. The summed E-state index contributed by atoms with van der Waals surface area (Å²) in [6.07, 6.45) is 0.831. The summed E-state index contributed by atoms with van der Waals surface area (Å²) in [5.41, 5.74) is 4.47. The quantitative estimate of drug-likeness (QED) is 0.808. The van der Waals surface area contributed by atoms with Crippen LogP contribution in [0.25, 0.3) is 11.0 Å². The predicted octanol–water partition coefficient (Wildman–Crippen LogP) is 3.09. The Kier molecular flexibility index (Phi) is 3.18. The first-order chi connectivity index (χ1) is 11.1. The predicted molar refractivity (Wildman–Crippen MR) is 90.2 cm³/mol. The fraction of sp³-hybridized carbons (Fsp3) is 0.263. The summed E-state index contributed by atoms with van der Waals surface area (Å²) in [7, 11) is 1.99. The molecule has 1 heterocycles. The van der Waals surface area contributed by atoms with Gasteiger partial charge in [-0.25, -0.2) is 4.98 Å². The van der Waals surface area contributed by atoms with E-state index in [0.29, 0.717) is 0 Å². The van der Waals surface area contributed by atoms with Crippen molar-refractivity contribution in [2.24, 2.45) is 7.05 Å². The molecule has 4 rings (SSSR count). The standard InChI is InChI=1S/C19H19N3O/c1-12(18-21-16-9-5-6-10-17(16)22(18)2)20-19(23)15-11-13-7-3-4-8-14(13)15/h3-10,12,15H,11H2,1-2H3,(H,20,23)/t12-,15+/m0/s1. The van der Waals surface area contributed by atoms with Gasteiger partial charge in [0, 0.05) is 7.05 Å². The third-order valence-electron chi connectivity index (χ3n) is 4.74. The average Bonchev–Trinajstić information content (AvgIpc) is 2.86. The van der Waals surface area contributed by atoms with Gasteiger partial charge in [0.05, 0.1) is 23.0 Å². The molecule has 4 nitrogen and oxygen atoms in total. The average molecular weight is 305 g/mol. The molecule has 0 unspecified atom stereocenters. The highest BCUT2D eigenvalue weighted by Gasteiger charge is 2.32. The molecule has 0 saturated heterocycles. The molecule has 2 aromatic carbocycles. The van der Waals surface area contributed by atoms with Crippen molar-refractivity contribution in [3.8, 4) is 0 Å². The second-order valence-corrected chi connectivity index (χ2v) is 6.20. The van der Waals surface area contributed by atoms with E-state index in [4.69, 9.17) is 0 Å². The number of hydrogen-bond donors (Lipinski definition) is 1. The highest BCUT2D eigenvalue weighted by molar-refractivity contribution is 5.87. The first kappa shape index (κ1) is 14.0. The van der Waals surface area contributed by atoms with E-state index in [1.165, 1.54) is 5.56 Å². The fourth-order valence-corrected chi connectivity index (χ4v) is 3.42. The first-order valence-corrected chi connectivity index (χ1v) is 7.94. The normalized spacial score (nSPS) is 17.4. The van der Waals surface area contributed by atoms with Gasteiger partial charge in [-0.1, -0.05) is 36.4 Å². The van der Waals surface area contributed by atoms with E-state index in [2.05, 4.69) is 20.9 Å². The van der Waals surface area contributed by atoms with Gasteiger partial charge in [-0.3, -0.25) is 4.79 Å². The molecule has 1 aromatic heterocycles. The van der Waals surface area contributed by atoms with E-state index in [-0.39, 0.29) is 17.9 Å². The van der Waals surface area contributed by atoms with Crippen molar-refractivity contribution in [3.63, 3.8) is 0 Å². The van der Waals surface area contributed by atoms with Crippen LogP contribution in [0.3, 0.4) is 0 Å².